The first-order valence-corrected chi connectivity index (χ1v) is 10.2. The third kappa shape index (κ3) is 5.86. The standard InChI is InChI=1S/C23H25O3S/c1-24-16-17-25-18-19-26-20-12-14-23(15-13-20)27(21-8-4-2-5-9-21)22-10-6-3-7-11-22/h2-15H,16-19H2,1H3/q+1. The van der Waals surface area contributed by atoms with E-state index in [0.29, 0.717) is 26.4 Å². The van der Waals surface area contributed by atoms with Gasteiger partial charge in [0.25, 0.3) is 0 Å². The zero-order chi connectivity index (χ0) is 18.7. The van der Waals surface area contributed by atoms with Crippen molar-refractivity contribution in [3.8, 4) is 5.75 Å². The van der Waals surface area contributed by atoms with Gasteiger partial charge < -0.3 is 14.2 Å². The quantitative estimate of drug-likeness (QED) is 0.372. The second-order valence-electron chi connectivity index (χ2n) is 5.86. The molecule has 0 aliphatic rings. The summed E-state index contributed by atoms with van der Waals surface area (Å²) >= 11 is 0. The average Bonchev–Trinajstić information content (AvgIpc) is 2.73. The van der Waals surface area contributed by atoms with E-state index in [1.54, 1.807) is 7.11 Å². The number of hydrogen-bond acceptors (Lipinski definition) is 3. The first-order chi connectivity index (χ1) is 13.4. The van der Waals surface area contributed by atoms with Crippen LogP contribution in [0.4, 0.5) is 0 Å². The van der Waals surface area contributed by atoms with Crippen molar-refractivity contribution in [2.24, 2.45) is 0 Å². The fourth-order valence-corrected chi connectivity index (χ4v) is 4.74. The Hall–Kier alpha value is -2.27. The van der Waals surface area contributed by atoms with Crippen molar-refractivity contribution in [1.82, 2.24) is 0 Å². The van der Waals surface area contributed by atoms with E-state index in [1.165, 1.54) is 14.7 Å². The summed E-state index contributed by atoms with van der Waals surface area (Å²) in [5.74, 6) is 0.860. The molecule has 0 fully saturated rings. The Labute approximate surface area is 164 Å². The first-order valence-electron chi connectivity index (χ1n) is 9.02. The molecule has 0 spiro atoms. The molecule has 0 heterocycles. The van der Waals surface area contributed by atoms with Crippen LogP contribution in [0, 0.1) is 0 Å². The molecule has 0 amide bonds. The SMILES string of the molecule is COCCOCCOc1ccc([S+](c2ccccc2)c2ccccc2)cc1. The van der Waals surface area contributed by atoms with Gasteiger partial charge in [-0.05, 0) is 48.5 Å². The van der Waals surface area contributed by atoms with Gasteiger partial charge in [-0.25, -0.2) is 0 Å². The molecule has 3 nitrogen and oxygen atoms in total. The summed E-state index contributed by atoms with van der Waals surface area (Å²) in [5.41, 5.74) is 0. The molecule has 0 unspecified atom stereocenters. The highest BCUT2D eigenvalue weighted by Gasteiger charge is 2.28. The maximum absolute atomic E-state index is 5.77. The maximum Gasteiger partial charge on any atom is 0.166 e. The van der Waals surface area contributed by atoms with Crippen molar-refractivity contribution in [3.05, 3.63) is 84.9 Å². The van der Waals surface area contributed by atoms with Gasteiger partial charge in [0, 0.05) is 7.11 Å². The van der Waals surface area contributed by atoms with Crippen LogP contribution >= 0.6 is 0 Å². The number of benzene rings is 3. The van der Waals surface area contributed by atoms with E-state index in [4.69, 9.17) is 14.2 Å². The Morgan fingerprint density at radius 2 is 1.11 bits per heavy atom. The molecule has 0 saturated carbocycles. The van der Waals surface area contributed by atoms with Crippen LogP contribution in [0.15, 0.2) is 99.6 Å². The highest BCUT2D eigenvalue weighted by atomic mass is 32.2. The average molecular weight is 382 g/mol. The summed E-state index contributed by atoms with van der Waals surface area (Å²) in [4.78, 5) is 3.89. The van der Waals surface area contributed by atoms with E-state index in [-0.39, 0.29) is 10.9 Å². The third-order valence-corrected chi connectivity index (χ3v) is 6.18. The van der Waals surface area contributed by atoms with Crippen LogP contribution in [0.5, 0.6) is 5.75 Å². The largest absolute Gasteiger partial charge is 0.491 e. The molecule has 0 aliphatic heterocycles. The fraction of sp³-hybridized carbons (Fsp3) is 0.217. The van der Waals surface area contributed by atoms with Crippen LogP contribution in [0.2, 0.25) is 0 Å². The van der Waals surface area contributed by atoms with Gasteiger partial charge in [-0.3, -0.25) is 0 Å². The number of methoxy groups -OCH3 is 1. The van der Waals surface area contributed by atoms with Gasteiger partial charge in [0.15, 0.2) is 14.7 Å². The summed E-state index contributed by atoms with van der Waals surface area (Å²) < 4.78 is 16.1. The van der Waals surface area contributed by atoms with E-state index in [1.807, 2.05) is 12.1 Å². The van der Waals surface area contributed by atoms with Gasteiger partial charge in [0.2, 0.25) is 0 Å². The minimum absolute atomic E-state index is 0.128. The van der Waals surface area contributed by atoms with Crippen LogP contribution in [-0.2, 0) is 20.4 Å². The number of rotatable bonds is 10. The Morgan fingerprint density at radius 1 is 0.593 bits per heavy atom. The van der Waals surface area contributed by atoms with Crippen LogP contribution in [0.3, 0.4) is 0 Å². The first kappa shape index (κ1) is 19.5. The topological polar surface area (TPSA) is 27.7 Å². The number of hydrogen-bond donors (Lipinski definition) is 0. The lowest BCUT2D eigenvalue weighted by Gasteiger charge is -2.10. The second kappa shape index (κ2) is 10.8. The van der Waals surface area contributed by atoms with Crippen molar-refractivity contribution in [2.45, 2.75) is 14.7 Å². The third-order valence-electron chi connectivity index (χ3n) is 3.95. The van der Waals surface area contributed by atoms with Gasteiger partial charge in [0.05, 0.1) is 30.7 Å². The van der Waals surface area contributed by atoms with Gasteiger partial charge >= 0.3 is 0 Å². The Morgan fingerprint density at radius 3 is 1.67 bits per heavy atom. The summed E-state index contributed by atoms with van der Waals surface area (Å²) in [6.45, 7) is 2.29. The molecule has 0 N–H and O–H groups in total. The summed E-state index contributed by atoms with van der Waals surface area (Å²) in [6, 6.07) is 29.7. The monoisotopic (exact) mass is 381 g/mol. The predicted molar refractivity (Wildman–Crippen MR) is 110 cm³/mol. The molecular weight excluding hydrogens is 356 g/mol. The van der Waals surface area contributed by atoms with E-state index >= 15 is 0 Å². The summed E-state index contributed by atoms with van der Waals surface area (Å²) in [7, 11) is 1.54. The van der Waals surface area contributed by atoms with Crippen molar-refractivity contribution in [2.75, 3.05) is 33.5 Å². The van der Waals surface area contributed by atoms with E-state index in [0.717, 1.165) is 5.75 Å². The molecule has 3 aromatic carbocycles. The molecule has 4 heteroatoms. The molecule has 0 atom stereocenters. The molecule has 0 aromatic heterocycles. The maximum atomic E-state index is 5.77. The molecule has 0 bridgehead atoms. The van der Waals surface area contributed by atoms with Crippen molar-refractivity contribution in [3.63, 3.8) is 0 Å². The lowest BCUT2D eigenvalue weighted by molar-refractivity contribution is 0.0544. The van der Waals surface area contributed by atoms with Crippen molar-refractivity contribution >= 4 is 10.9 Å². The van der Waals surface area contributed by atoms with Gasteiger partial charge in [-0.2, -0.15) is 0 Å². The molecule has 0 aliphatic carbocycles. The zero-order valence-corrected chi connectivity index (χ0v) is 16.4. The predicted octanol–water partition coefficient (Wildman–Crippen LogP) is 4.82. The molecular formula is C23H25O3S+. The van der Waals surface area contributed by atoms with Gasteiger partial charge in [-0.15, -0.1) is 0 Å². The lowest BCUT2D eigenvalue weighted by Crippen LogP contribution is -2.10. The lowest BCUT2D eigenvalue weighted by atomic mass is 10.3. The number of ether oxygens (including phenoxy) is 3. The molecule has 3 rings (SSSR count). The van der Waals surface area contributed by atoms with Crippen molar-refractivity contribution in [1.29, 1.82) is 0 Å². The molecule has 0 radical (unpaired) electrons. The van der Waals surface area contributed by atoms with E-state index < -0.39 is 0 Å². The molecule has 0 saturated heterocycles. The minimum atomic E-state index is -0.128. The Kier molecular flexibility index (Phi) is 7.78. The normalized spacial score (nSPS) is 10.9. The van der Waals surface area contributed by atoms with Crippen molar-refractivity contribution < 1.29 is 14.2 Å². The van der Waals surface area contributed by atoms with E-state index in [9.17, 15) is 0 Å². The van der Waals surface area contributed by atoms with Crippen LogP contribution in [0.25, 0.3) is 0 Å². The molecule has 27 heavy (non-hydrogen) atoms. The zero-order valence-electron chi connectivity index (χ0n) is 15.5. The second-order valence-corrected chi connectivity index (χ2v) is 7.88. The highest BCUT2D eigenvalue weighted by Crippen LogP contribution is 2.31. The van der Waals surface area contributed by atoms with Crippen LogP contribution < -0.4 is 4.74 Å². The Balaban J connectivity index is 1.69. The molecule has 3 aromatic rings. The smallest absolute Gasteiger partial charge is 0.166 e. The summed E-state index contributed by atoms with van der Waals surface area (Å²) in [5, 5.41) is 0. The highest BCUT2D eigenvalue weighted by molar-refractivity contribution is 7.97. The van der Waals surface area contributed by atoms with Gasteiger partial charge in [-0.1, -0.05) is 36.4 Å². The summed E-state index contributed by atoms with van der Waals surface area (Å²) in [6.07, 6.45) is 0. The molecule has 140 valence electrons. The van der Waals surface area contributed by atoms with Gasteiger partial charge in [0.1, 0.15) is 12.4 Å². The Bertz CT molecular complexity index is 736. The minimum Gasteiger partial charge on any atom is -0.491 e. The van der Waals surface area contributed by atoms with E-state index in [2.05, 4.69) is 72.8 Å². The van der Waals surface area contributed by atoms with Crippen LogP contribution in [-0.4, -0.2) is 33.5 Å². The van der Waals surface area contributed by atoms with Crippen LogP contribution in [0.1, 0.15) is 0 Å². The fourth-order valence-electron chi connectivity index (χ4n) is 2.66.